The molecule has 0 unspecified atom stereocenters. The minimum absolute atomic E-state index is 0.329. The normalized spacial score (nSPS) is 11.5. The Bertz CT molecular complexity index is 1250. The number of hydrogen-bond acceptors (Lipinski definition) is 15. The minimum Gasteiger partial charge on any atom is -0.435 e. The number of carbonyl (C=O) groups excluding carboxylic acids is 9. The van der Waals surface area contributed by atoms with Gasteiger partial charge in [-0.1, -0.05) is 80.9 Å². The molecule has 0 atom stereocenters. The summed E-state index contributed by atoms with van der Waals surface area (Å²) in [5, 5.41) is 0. The van der Waals surface area contributed by atoms with Gasteiger partial charge in [-0.25, -0.2) is 28.8 Å². The van der Waals surface area contributed by atoms with E-state index >= 15 is 0 Å². The first kappa shape index (κ1) is 50.1. The molecule has 50 heavy (non-hydrogen) atoms. The molecule has 1 aromatic rings. The van der Waals surface area contributed by atoms with Crippen molar-refractivity contribution in [3.8, 4) is 0 Å². The Hall–Kier alpha value is -6.74. The number of ether oxygens (including phenoxy) is 6. The minimum atomic E-state index is -0.579. The Labute approximate surface area is 293 Å². The molecule has 0 amide bonds. The molecule has 3 aliphatic rings. The van der Waals surface area contributed by atoms with Crippen LogP contribution in [-0.4, -0.2) is 53.7 Å². The lowest BCUT2D eigenvalue weighted by molar-refractivity contribution is -0.151. The zero-order valence-corrected chi connectivity index (χ0v) is 28.0. The zero-order chi connectivity index (χ0) is 39.3. The predicted molar refractivity (Wildman–Crippen MR) is 179 cm³/mol. The van der Waals surface area contributed by atoms with Gasteiger partial charge in [0.1, 0.15) is 0 Å². The number of benzene rings is 1. The van der Waals surface area contributed by atoms with Gasteiger partial charge in [-0.3, -0.25) is 14.4 Å². The fraction of sp³-hybridized carbons (Fsp3) is 0.0882. The van der Waals surface area contributed by atoms with Crippen molar-refractivity contribution < 1.29 is 71.6 Å². The average molecular weight is 719 g/mol. The third-order valence-electron chi connectivity index (χ3n) is 3.45. The SMILES string of the molecule is C=CCl.C=COC(C)=O.C=COC(C)=O.C=COC(C)=O.C=Cc1ccccc1.O=C1C=CC(=O)O1.O=C1C=CC(=O)O1.O=C1C=CC(=O)O1. The third-order valence-corrected chi connectivity index (χ3v) is 3.45. The lowest BCUT2D eigenvalue weighted by atomic mass is 10.2. The maximum Gasteiger partial charge on any atom is 0.338 e. The van der Waals surface area contributed by atoms with E-state index in [1.165, 1.54) is 31.9 Å². The lowest BCUT2D eigenvalue weighted by Gasteiger charge is -1.85. The van der Waals surface area contributed by atoms with Crippen molar-refractivity contribution in [1.82, 2.24) is 0 Å². The molecule has 0 bridgehead atoms. The summed E-state index contributed by atoms with van der Waals surface area (Å²) in [5.41, 5.74) is 2.40. The van der Waals surface area contributed by atoms with Gasteiger partial charge in [-0.15, -0.1) is 0 Å². The first-order valence-electron chi connectivity index (χ1n) is 13.1. The molecule has 0 N–H and O–H groups in total. The Balaban J connectivity index is -0.000000244. The number of carbonyl (C=O) groups is 9. The number of esters is 9. The summed E-state index contributed by atoms with van der Waals surface area (Å²) < 4.78 is 24.4. The summed E-state index contributed by atoms with van der Waals surface area (Å²) in [6.07, 6.45) is 11.6. The van der Waals surface area contributed by atoms with Crippen molar-refractivity contribution in [3.05, 3.63) is 130 Å². The molecule has 3 aliphatic heterocycles. The van der Waals surface area contributed by atoms with Crippen LogP contribution in [0.5, 0.6) is 0 Å². The predicted octanol–water partition coefficient (Wildman–Crippen LogP) is 4.66. The van der Waals surface area contributed by atoms with Crippen molar-refractivity contribution in [2.45, 2.75) is 20.8 Å². The fourth-order valence-electron chi connectivity index (χ4n) is 1.85. The van der Waals surface area contributed by atoms with Gasteiger partial charge in [0.05, 0.1) is 18.8 Å². The highest BCUT2D eigenvalue weighted by Crippen LogP contribution is 1.97. The molecule has 0 aromatic heterocycles. The second-order valence-corrected chi connectivity index (χ2v) is 7.63. The van der Waals surface area contributed by atoms with Crippen LogP contribution in [0.25, 0.3) is 6.08 Å². The summed E-state index contributed by atoms with van der Waals surface area (Å²) in [6, 6.07) is 10.0. The summed E-state index contributed by atoms with van der Waals surface area (Å²) in [5.74, 6) is -4.46. The Morgan fingerprint density at radius 3 is 0.820 bits per heavy atom. The van der Waals surface area contributed by atoms with Crippen molar-refractivity contribution >= 4 is 71.4 Å². The topological polar surface area (TPSA) is 209 Å². The van der Waals surface area contributed by atoms with Gasteiger partial charge in [-0.05, 0) is 11.1 Å². The van der Waals surface area contributed by atoms with Crippen molar-refractivity contribution in [3.63, 3.8) is 0 Å². The lowest BCUT2D eigenvalue weighted by Crippen LogP contribution is -1.96. The molecule has 0 radical (unpaired) electrons. The molecular formula is C34H35ClO15. The van der Waals surface area contributed by atoms with E-state index in [9.17, 15) is 43.2 Å². The first-order chi connectivity index (χ1) is 23.5. The molecule has 0 aliphatic carbocycles. The molecular weight excluding hydrogens is 684 g/mol. The van der Waals surface area contributed by atoms with E-state index in [4.69, 9.17) is 11.6 Å². The van der Waals surface area contributed by atoms with Crippen LogP contribution >= 0.6 is 11.6 Å². The number of halogens is 1. The van der Waals surface area contributed by atoms with Crippen LogP contribution in [0.15, 0.2) is 124 Å². The molecule has 0 saturated carbocycles. The van der Waals surface area contributed by atoms with Crippen LogP contribution < -0.4 is 0 Å². The highest BCUT2D eigenvalue weighted by atomic mass is 35.5. The van der Waals surface area contributed by atoms with Gasteiger partial charge in [0.15, 0.2) is 0 Å². The molecule has 16 heteroatoms. The van der Waals surface area contributed by atoms with E-state index in [0.717, 1.165) is 55.2 Å². The summed E-state index contributed by atoms with van der Waals surface area (Å²) in [7, 11) is 0. The maximum absolute atomic E-state index is 9.92. The summed E-state index contributed by atoms with van der Waals surface area (Å²) in [6.45, 7) is 20.2. The van der Waals surface area contributed by atoms with Gasteiger partial charge in [0.2, 0.25) is 0 Å². The Morgan fingerprint density at radius 2 is 0.740 bits per heavy atom. The third kappa shape index (κ3) is 43.4. The van der Waals surface area contributed by atoms with Crippen LogP contribution in [0.4, 0.5) is 0 Å². The molecule has 0 spiro atoms. The Morgan fingerprint density at radius 1 is 0.520 bits per heavy atom. The van der Waals surface area contributed by atoms with E-state index < -0.39 is 35.8 Å². The molecule has 4 rings (SSSR count). The van der Waals surface area contributed by atoms with E-state index in [1.54, 1.807) is 0 Å². The van der Waals surface area contributed by atoms with E-state index in [2.05, 4.69) is 61.3 Å². The van der Waals surface area contributed by atoms with Crippen LogP contribution in [0.1, 0.15) is 26.3 Å². The highest BCUT2D eigenvalue weighted by Gasteiger charge is 2.11. The second-order valence-electron chi connectivity index (χ2n) is 7.32. The smallest absolute Gasteiger partial charge is 0.338 e. The molecule has 1 aromatic carbocycles. The molecule has 268 valence electrons. The van der Waals surface area contributed by atoms with Gasteiger partial charge in [0, 0.05) is 57.2 Å². The quantitative estimate of drug-likeness (QED) is 0.179. The van der Waals surface area contributed by atoms with E-state index in [0.29, 0.717) is 0 Å². The monoisotopic (exact) mass is 718 g/mol. The van der Waals surface area contributed by atoms with Crippen LogP contribution in [0.3, 0.4) is 0 Å². The van der Waals surface area contributed by atoms with Gasteiger partial charge in [-0.2, -0.15) is 0 Å². The van der Waals surface area contributed by atoms with Gasteiger partial charge in [0.25, 0.3) is 0 Å². The van der Waals surface area contributed by atoms with Crippen LogP contribution in [0, 0.1) is 0 Å². The first-order valence-corrected chi connectivity index (χ1v) is 13.5. The van der Waals surface area contributed by atoms with Gasteiger partial charge >= 0.3 is 53.7 Å². The second kappa shape index (κ2) is 35.1. The maximum atomic E-state index is 9.92. The molecule has 0 saturated heterocycles. The van der Waals surface area contributed by atoms with Crippen molar-refractivity contribution in [2.75, 3.05) is 0 Å². The fourth-order valence-corrected chi connectivity index (χ4v) is 1.85. The Kier molecular flexibility index (Phi) is 35.2. The largest absolute Gasteiger partial charge is 0.435 e. The number of cyclic esters (lactones) is 6. The number of rotatable bonds is 4. The number of hydrogen-bond donors (Lipinski definition) is 0. The van der Waals surface area contributed by atoms with Crippen LogP contribution in [0.2, 0.25) is 0 Å². The molecule has 15 nitrogen and oxygen atoms in total. The van der Waals surface area contributed by atoms with Gasteiger partial charge < -0.3 is 28.4 Å². The summed E-state index contributed by atoms with van der Waals surface area (Å²) in [4.78, 5) is 88.8. The summed E-state index contributed by atoms with van der Waals surface area (Å²) >= 11 is 4.76. The van der Waals surface area contributed by atoms with E-state index in [-0.39, 0.29) is 17.9 Å². The van der Waals surface area contributed by atoms with Crippen LogP contribution in [-0.2, 0) is 71.6 Å². The molecule has 3 heterocycles. The van der Waals surface area contributed by atoms with Crippen molar-refractivity contribution in [2.24, 2.45) is 0 Å². The molecule has 0 fully saturated rings. The average Bonchev–Trinajstić information content (AvgIpc) is 3.75. The standard InChI is InChI=1S/C8H8.3C4H2O3.3C4H6O2.C2H3Cl/c1-2-8-6-4-3-5-7-8;3*5-3-1-2-4(6)7-3;3*1-3-6-4(2)5;1-2-3/h2-7H,1H2;3*1-2H;3*3H,1H2,2H3;2H,1H2. The van der Waals surface area contributed by atoms with E-state index in [1.807, 2.05) is 36.4 Å². The zero-order valence-electron chi connectivity index (χ0n) is 27.3. The highest BCUT2D eigenvalue weighted by molar-refractivity contribution is 6.25. The van der Waals surface area contributed by atoms with Crippen molar-refractivity contribution in [1.29, 1.82) is 0 Å².